The molecular weight excluding hydrogens is 388 g/mol. The molecule has 0 saturated carbocycles. The van der Waals surface area contributed by atoms with Crippen molar-refractivity contribution >= 4 is 40.5 Å². The summed E-state index contributed by atoms with van der Waals surface area (Å²) >= 11 is 5.92. The van der Waals surface area contributed by atoms with E-state index in [1.165, 1.54) is 6.92 Å². The maximum Gasteiger partial charge on any atom is 0.326 e. The first-order valence-electron chi connectivity index (χ1n) is 9.16. The number of rotatable bonds is 7. The summed E-state index contributed by atoms with van der Waals surface area (Å²) in [5.41, 5.74) is 2.25. The molecule has 0 spiro atoms. The number of para-hydroxylation sites is 2. The zero-order chi connectivity index (χ0) is 20.6. The van der Waals surface area contributed by atoms with Crippen molar-refractivity contribution in [3.05, 3.63) is 90.0 Å². The van der Waals surface area contributed by atoms with Gasteiger partial charge in [-0.05, 0) is 49.4 Å². The van der Waals surface area contributed by atoms with E-state index in [9.17, 15) is 9.59 Å². The Kier molecular flexibility index (Phi) is 6.87. The van der Waals surface area contributed by atoms with Gasteiger partial charge >= 0.3 is 5.97 Å². The molecule has 0 heterocycles. The molecule has 0 fully saturated rings. The second-order valence-electron chi connectivity index (χ2n) is 6.39. The summed E-state index contributed by atoms with van der Waals surface area (Å²) in [4.78, 5) is 26.7. The second kappa shape index (κ2) is 9.75. The Bertz CT molecular complexity index is 925. The highest BCUT2D eigenvalue weighted by Crippen LogP contribution is 2.24. The summed E-state index contributed by atoms with van der Waals surface area (Å²) in [6, 6.07) is 25.8. The number of carbonyl (C=O) groups is 2. The van der Waals surface area contributed by atoms with Crippen molar-refractivity contribution in [3.63, 3.8) is 0 Å². The van der Waals surface area contributed by atoms with Gasteiger partial charge in [0.1, 0.15) is 6.54 Å². The Balaban J connectivity index is 1.66. The van der Waals surface area contributed by atoms with Gasteiger partial charge in [-0.1, -0.05) is 54.1 Å². The highest BCUT2D eigenvalue weighted by Gasteiger charge is 2.21. The maximum absolute atomic E-state index is 12.6. The van der Waals surface area contributed by atoms with E-state index >= 15 is 0 Å². The van der Waals surface area contributed by atoms with Gasteiger partial charge in [0.2, 0.25) is 0 Å². The number of benzene rings is 3. The predicted molar refractivity (Wildman–Crippen MR) is 116 cm³/mol. The largest absolute Gasteiger partial charge is 0.451 e. The van der Waals surface area contributed by atoms with Crippen LogP contribution in [0.2, 0.25) is 5.02 Å². The van der Waals surface area contributed by atoms with Gasteiger partial charge in [-0.15, -0.1) is 0 Å². The van der Waals surface area contributed by atoms with Crippen LogP contribution in [-0.2, 0) is 14.3 Å². The van der Waals surface area contributed by atoms with E-state index < -0.39 is 18.0 Å². The normalized spacial score (nSPS) is 11.4. The molecule has 3 aromatic rings. The molecule has 1 amide bonds. The topological polar surface area (TPSA) is 58.6 Å². The fourth-order valence-electron chi connectivity index (χ4n) is 2.77. The fraction of sp³-hybridized carbons (Fsp3) is 0.130. The minimum absolute atomic E-state index is 0.0250. The smallest absolute Gasteiger partial charge is 0.326 e. The lowest BCUT2D eigenvalue weighted by Gasteiger charge is -2.24. The van der Waals surface area contributed by atoms with Crippen molar-refractivity contribution in [1.82, 2.24) is 0 Å². The molecule has 148 valence electrons. The fourth-order valence-corrected chi connectivity index (χ4v) is 2.96. The van der Waals surface area contributed by atoms with Crippen molar-refractivity contribution < 1.29 is 14.3 Å². The van der Waals surface area contributed by atoms with Gasteiger partial charge in [0.25, 0.3) is 5.91 Å². The molecule has 0 radical (unpaired) electrons. The monoisotopic (exact) mass is 408 g/mol. The van der Waals surface area contributed by atoms with Gasteiger partial charge in [-0.25, -0.2) is 0 Å². The van der Waals surface area contributed by atoms with Gasteiger partial charge in [0.15, 0.2) is 6.10 Å². The van der Waals surface area contributed by atoms with Crippen LogP contribution in [0.3, 0.4) is 0 Å². The number of anilines is 3. The lowest BCUT2D eigenvalue weighted by molar-refractivity contribution is -0.151. The number of halogens is 1. The Morgan fingerprint density at radius 2 is 1.52 bits per heavy atom. The first-order valence-corrected chi connectivity index (χ1v) is 9.54. The molecule has 6 heteroatoms. The van der Waals surface area contributed by atoms with Crippen LogP contribution in [0.1, 0.15) is 6.92 Å². The van der Waals surface area contributed by atoms with Crippen molar-refractivity contribution in [2.24, 2.45) is 0 Å². The van der Waals surface area contributed by atoms with Gasteiger partial charge in [0.05, 0.1) is 0 Å². The molecule has 0 saturated heterocycles. The van der Waals surface area contributed by atoms with Crippen molar-refractivity contribution in [2.45, 2.75) is 13.0 Å². The minimum atomic E-state index is -0.949. The molecule has 1 unspecified atom stereocenters. The average molecular weight is 409 g/mol. The SMILES string of the molecule is CC(OC(=O)CN(c1ccccc1)c1ccccc1)C(=O)Nc1cccc(Cl)c1. The standard InChI is InChI=1S/C23H21ClN2O3/c1-17(23(28)25-19-10-8-9-18(24)15-19)29-22(27)16-26(20-11-4-2-5-12-20)21-13-6-3-7-14-21/h2-15,17H,16H2,1H3,(H,25,28). The molecule has 3 rings (SSSR count). The Labute approximate surface area is 174 Å². The highest BCUT2D eigenvalue weighted by atomic mass is 35.5. The Morgan fingerprint density at radius 3 is 2.07 bits per heavy atom. The van der Waals surface area contributed by atoms with E-state index in [-0.39, 0.29) is 6.54 Å². The summed E-state index contributed by atoms with van der Waals surface area (Å²) in [7, 11) is 0. The number of nitrogens with one attached hydrogen (secondary N) is 1. The van der Waals surface area contributed by atoms with Crippen LogP contribution in [0.5, 0.6) is 0 Å². The number of carbonyl (C=O) groups excluding carboxylic acids is 2. The second-order valence-corrected chi connectivity index (χ2v) is 6.83. The number of esters is 1. The summed E-state index contributed by atoms with van der Waals surface area (Å²) in [6.45, 7) is 1.51. The highest BCUT2D eigenvalue weighted by molar-refractivity contribution is 6.30. The van der Waals surface area contributed by atoms with Gasteiger partial charge in [-0.2, -0.15) is 0 Å². The van der Waals surface area contributed by atoms with Crippen LogP contribution in [0.25, 0.3) is 0 Å². The average Bonchev–Trinajstić information content (AvgIpc) is 2.73. The zero-order valence-corrected chi connectivity index (χ0v) is 16.7. The van der Waals surface area contributed by atoms with E-state index in [2.05, 4.69) is 5.32 Å². The summed E-state index contributed by atoms with van der Waals surface area (Å²) in [5, 5.41) is 3.20. The van der Waals surface area contributed by atoms with Crippen molar-refractivity contribution in [2.75, 3.05) is 16.8 Å². The summed E-state index contributed by atoms with van der Waals surface area (Å²) in [5.74, 6) is -0.932. The molecule has 3 aromatic carbocycles. The van der Waals surface area contributed by atoms with Gasteiger partial charge < -0.3 is 15.0 Å². The van der Waals surface area contributed by atoms with E-state index in [1.54, 1.807) is 24.3 Å². The van der Waals surface area contributed by atoms with Crippen LogP contribution in [0.15, 0.2) is 84.9 Å². The number of amides is 1. The van der Waals surface area contributed by atoms with E-state index in [4.69, 9.17) is 16.3 Å². The van der Waals surface area contributed by atoms with Crippen LogP contribution >= 0.6 is 11.6 Å². The molecular formula is C23H21ClN2O3. The summed E-state index contributed by atoms with van der Waals surface area (Å²) in [6.07, 6.45) is -0.949. The quantitative estimate of drug-likeness (QED) is 0.556. The predicted octanol–water partition coefficient (Wildman–Crippen LogP) is 5.05. The zero-order valence-electron chi connectivity index (χ0n) is 15.9. The Morgan fingerprint density at radius 1 is 0.931 bits per heavy atom. The van der Waals surface area contributed by atoms with Crippen molar-refractivity contribution in [1.29, 1.82) is 0 Å². The number of hydrogen-bond donors (Lipinski definition) is 1. The third kappa shape index (κ3) is 5.83. The van der Waals surface area contributed by atoms with Gasteiger partial charge in [0, 0.05) is 22.1 Å². The molecule has 0 aliphatic carbocycles. The third-order valence-electron chi connectivity index (χ3n) is 4.19. The molecule has 0 bridgehead atoms. The first-order chi connectivity index (χ1) is 14.0. The molecule has 0 aromatic heterocycles. The van der Waals surface area contributed by atoms with Crippen LogP contribution in [0.4, 0.5) is 17.1 Å². The molecule has 0 aliphatic rings. The molecule has 29 heavy (non-hydrogen) atoms. The van der Waals surface area contributed by atoms with Crippen LogP contribution in [-0.4, -0.2) is 24.5 Å². The molecule has 1 N–H and O–H groups in total. The van der Waals surface area contributed by atoms with Crippen molar-refractivity contribution in [3.8, 4) is 0 Å². The molecule has 5 nitrogen and oxygen atoms in total. The van der Waals surface area contributed by atoms with E-state index in [1.807, 2.05) is 65.6 Å². The van der Waals surface area contributed by atoms with Gasteiger partial charge in [-0.3, -0.25) is 9.59 Å². The van der Waals surface area contributed by atoms with Crippen LogP contribution in [0, 0.1) is 0 Å². The summed E-state index contributed by atoms with van der Waals surface area (Å²) < 4.78 is 5.36. The third-order valence-corrected chi connectivity index (χ3v) is 4.43. The molecule has 1 atom stereocenters. The number of ether oxygens (including phenoxy) is 1. The minimum Gasteiger partial charge on any atom is -0.451 e. The number of nitrogens with zero attached hydrogens (tertiary/aromatic N) is 1. The van der Waals surface area contributed by atoms with Crippen LogP contribution < -0.4 is 10.2 Å². The molecule has 0 aliphatic heterocycles. The number of hydrogen-bond acceptors (Lipinski definition) is 4. The Hall–Kier alpha value is -3.31. The lowest BCUT2D eigenvalue weighted by atomic mass is 10.2. The maximum atomic E-state index is 12.6. The lowest BCUT2D eigenvalue weighted by Crippen LogP contribution is -2.34. The van der Waals surface area contributed by atoms with E-state index in [0.29, 0.717) is 10.7 Å². The van der Waals surface area contributed by atoms with E-state index in [0.717, 1.165) is 11.4 Å². The first kappa shape index (κ1) is 20.4.